The molecular weight excluding hydrogens is 268 g/mol. The lowest BCUT2D eigenvalue weighted by Gasteiger charge is -2.34. The number of carbonyl (C=O) groups excluding carboxylic acids is 1. The highest BCUT2D eigenvalue weighted by molar-refractivity contribution is 6.20. The minimum Gasteiger partial charge on any atom is -0.478 e. The second-order valence-corrected chi connectivity index (χ2v) is 6.52. The van der Waals surface area contributed by atoms with Gasteiger partial charge in [0, 0.05) is 17.5 Å². The molecule has 2 aliphatic rings. The maximum absolute atomic E-state index is 11.7. The molecule has 2 rings (SSSR count). The number of Topliss-reactive ketones (excluding diaryl/α,β-unsaturated/α-hetero) is 1. The van der Waals surface area contributed by atoms with E-state index in [1.165, 1.54) is 0 Å². The smallest absolute Gasteiger partial charge is 0.339 e. The summed E-state index contributed by atoms with van der Waals surface area (Å²) < 4.78 is 0. The third kappa shape index (κ3) is 3.52. The van der Waals surface area contributed by atoms with Crippen LogP contribution >= 0.6 is 0 Å². The lowest BCUT2D eigenvalue weighted by atomic mass is 9.71. The Bertz CT molecular complexity index is 496. The lowest BCUT2D eigenvalue weighted by molar-refractivity contribution is -0.132. The summed E-state index contributed by atoms with van der Waals surface area (Å²) in [5.41, 5.74) is 6.02. The first-order valence-corrected chi connectivity index (χ1v) is 7.61. The van der Waals surface area contributed by atoms with Crippen LogP contribution in [0, 0.1) is 11.3 Å². The second-order valence-electron chi connectivity index (χ2n) is 6.52. The molecule has 21 heavy (non-hydrogen) atoms. The van der Waals surface area contributed by atoms with Gasteiger partial charge >= 0.3 is 5.97 Å². The monoisotopic (exact) mass is 292 g/mol. The number of nitrogens with two attached hydrogens (primary N) is 1. The van der Waals surface area contributed by atoms with Gasteiger partial charge < -0.3 is 10.8 Å². The Morgan fingerprint density at radius 2 is 1.81 bits per heavy atom. The van der Waals surface area contributed by atoms with Gasteiger partial charge in [-0.15, -0.1) is 0 Å². The number of hydrogen-bond donors (Lipinski definition) is 2. The van der Waals surface area contributed by atoms with E-state index in [0.29, 0.717) is 5.71 Å². The average molecular weight is 292 g/mol. The largest absolute Gasteiger partial charge is 0.478 e. The zero-order valence-corrected chi connectivity index (χ0v) is 12.8. The summed E-state index contributed by atoms with van der Waals surface area (Å²) in [7, 11) is 0. The molecule has 2 fully saturated rings. The molecule has 0 aromatic carbocycles. The third-order valence-corrected chi connectivity index (χ3v) is 4.87. The van der Waals surface area contributed by atoms with Gasteiger partial charge in [-0.2, -0.15) is 0 Å². The summed E-state index contributed by atoms with van der Waals surface area (Å²) in [5, 5.41) is 9.23. The minimum atomic E-state index is -1.01. The van der Waals surface area contributed by atoms with Crippen LogP contribution in [0.5, 0.6) is 0 Å². The highest BCUT2D eigenvalue weighted by Crippen LogP contribution is 2.39. The summed E-state index contributed by atoms with van der Waals surface area (Å²) in [5.74, 6) is -0.523. The third-order valence-electron chi connectivity index (χ3n) is 4.87. The molecule has 0 unspecified atom stereocenters. The summed E-state index contributed by atoms with van der Waals surface area (Å²) >= 11 is 0. The summed E-state index contributed by atoms with van der Waals surface area (Å²) in [4.78, 5) is 27.6. The fraction of sp³-hybridized carbons (Fsp3) is 0.688. The van der Waals surface area contributed by atoms with E-state index in [2.05, 4.69) is 0 Å². The van der Waals surface area contributed by atoms with Crippen LogP contribution < -0.4 is 5.73 Å². The number of carboxylic acid groups (broad SMARTS) is 1. The first kappa shape index (κ1) is 15.7. The van der Waals surface area contributed by atoms with Crippen molar-refractivity contribution in [3.63, 3.8) is 0 Å². The summed E-state index contributed by atoms with van der Waals surface area (Å²) in [6.07, 6.45) is 6.45. The maximum Gasteiger partial charge on any atom is 0.339 e. The molecule has 2 aliphatic carbocycles. The Labute approximate surface area is 125 Å². The van der Waals surface area contributed by atoms with Crippen LogP contribution in [-0.4, -0.2) is 28.6 Å². The normalized spacial score (nSPS) is 31.0. The molecule has 116 valence electrons. The molecular formula is C16H24N2O3. The van der Waals surface area contributed by atoms with Gasteiger partial charge in [0.1, 0.15) is 5.78 Å². The Hall–Kier alpha value is -1.65. The molecule has 0 atom stereocenters. The molecule has 0 aromatic rings. The van der Waals surface area contributed by atoms with Gasteiger partial charge in [-0.3, -0.25) is 9.79 Å². The molecule has 2 saturated carbocycles. The number of rotatable bonds is 5. The SMILES string of the molecule is CC(=O)C1(C)CCC(N=C(C(=CN)C(=O)O)C2CC2)CC1. The molecule has 0 heterocycles. The van der Waals surface area contributed by atoms with E-state index in [1.807, 2.05) is 6.92 Å². The summed E-state index contributed by atoms with van der Waals surface area (Å²) in [6.45, 7) is 3.67. The summed E-state index contributed by atoms with van der Waals surface area (Å²) in [6, 6.07) is 0.113. The number of aliphatic imine (C=N–C) groups is 1. The number of carbonyl (C=O) groups is 2. The fourth-order valence-corrected chi connectivity index (χ4v) is 2.94. The number of nitrogens with zero attached hydrogens (tertiary/aromatic N) is 1. The van der Waals surface area contributed by atoms with Crippen molar-refractivity contribution in [1.29, 1.82) is 0 Å². The van der Waals surface area contributed by atoms with Crippen molar-refractivity contribution in [2.45, 2.75) is 58.4 Å². The molecule has 0 spiro atoms. The molecule has 5 nitrogen and oxygen atoms in total. The van der Waals surface area contributed by atoms with Crippen molar-refractivity contribution >= 4 is 17.5 Å². The van der Waals surface area contributed by atoms with Gasteiger partial charge in [0.15, 0.2) is 0 Å². The Kier molecular flexibility index (Phi) is 4.49. The van der Waals surface area contributed by atoms with Crippen LogP contribution in [0.25, 0.3) is 0 Å². The molecule has 5 heteroatoms. The second kappa shape index (κ2) is 6.00. The molecule has 0 aromatic heterocycles. The van der Waals surface area contributed by atoms with E-state index >= 15 is 0 Å². The first-order chi connectivity index (χ1) is 9.87. The molecule has 0 saturated heterocycles. The standard InChI is InChI=1S/C16H24N2O3/c1-10(19)16(2)7-5-12(6-8-16)18-14(11-3-4-11)13(9-17)15(20)21/h9,11-12H,3-8,17H2,1-2H3,(H,20,21). The van der Waals surface area contributed by atoms with Crippen LogP contribution in [-0.2, 0) is 9.59 Å². The van der Waals surface area contributed by atoms with Gasteiger partial charge in [0.2, 0.25) is 0 Å². The number of carboxylic acids is 1. The molecule has 0 bridgehead atoms. The van der Waals surface area contributed by atoms with Gasteiger partial charge in [0.05, 0.1) is 17.3 Å². The highest BCUT2D eigenvalue weighted by atomic mass is 16.4. The van der Waals surface area contributed by atoms with Gasteiger partial charge in [-0.05, 0) is 45.4 Å². The van der Waals surface area contributed by atoms with Crippen LogP contribution in [0.2, 0.25) is 0 Å². The number of hydrogen-bond acceptors (Lipinski definition) is 4. The Morgan fingerprint density at radius 3 is 2.19 bits per heavy atom. The Morgan fingerprint density at radius 1 is 1.24 bits per heavy atom. The van der Waals surface area contributed by atoms with E-state index < -0.39 is 5.97 Å². The van der Waals surface area contributed by atoms with Crippen molar-refractivity contribution < 1.29 is 14.7 Å². The van der Waals surface area contributed by atoms with E-state index in [4.69, 9.17) is 10.7 Å². The van der Waals surface area contributed by atoms with Crippen molar-refractivity contribution in [2.24, 2.45) is 22.1 Å². The Balaban J connectivity index is 2.11. The topological polar surface area (TPSA) is 92.8 Å². The van der Waals surface area contributed by atoms with E-state index in [1.54, 1.807) is 6.92 Å². The van der Waals surface area contributed by atoms with Gasteiger partial charge in [-0.1, -0.05) is 6.92 Å². The van der Waals surface area contributed by atoms with Crippen molar-refractivity contribution in [1.82, 2.24) is 0 Å². The van der Waals surface area contributed by atoms with E-state index in [0.717, 1.165) is 44.7 Å². The minimum absolute atomic E-state index is 0.113. The fourth-order valence-electron chi connectivity index (χ4n) is 2.94. The van der Waals surface area contributed by atoms with Gasteiger partial charge in [0.25, 0.3) is 0 Å². The van der Waals surface area contributed by atoms with Crippen molar-refractivity contribution in [2.75, 3.05) is 0 Å². The van der Waals surface area contributed by atoms with E-state index in [9.17, 15) is 14.7 Å². The van der Waals surface area contributed by atoms with Crippen LogP contribution in [0.15, 0.2) is 16.8 Å². The molecule has 0 amide bonds. The predicted octanol–water partition coefficient (Wildman–Crippen LogP) is 2.30. The van der Waals surface area contributed by atoms with Crippen LogP contribution in [0.1, 0.15) is 52.4 Å². The van der Waals surface area contributed by atoms with Crippen LogP contribution in [0.4, 0.5) is 0 Å². The van der Waals surface area contributed by atoms with Crippen LogP contribution in [0.3, 0.4) is 0 Å². The van der Waals surface area contributed by atoms with Gasteiger partial charge in [-0.25, -0.2) is 4.79 Å². The van der Waals surface area contributed by atoms with Crippen molar-refractivity contribution in [3.05, 3.63) is 11.8 Å². The number of ketones is 1. The number of aliphatic carboxylic acids is 1. The molecule has 0 aliphatic heterocycles. The quantitative estimate of drug-likeness (QED) is 0.600. The van der Waals surface area contributed by atoms with E-state index in [-0.39, 0.29) is 28.7 Å². The lowest BCUT2D eigenvalue weighted by Crippen LogP contribution is -2.33. The average Bonchev–Trinajstić information content (AvgIpc) is 3.24. The van der Waals surface area contributed by atoms with Crippen molar-refractivity contribution in [3.8, 4) is 0 Å². The highest BCUT2D eigenvalue weighted by Gasteiger charge is 2.37. The molecule has 0 radical (unpaired) electrons. The first-order valence-electron chi connectivity index (χ1n) is 7.61. The maximum atomic E-state index is 11.7. The molecule has 3 N–H and O–H groups in total. The zero-order chi connectivity index (χ0) is 15.6. The predicted molar refractivity (Wildman–Crippen MR) is 81.1 cm³/mol. The zero-order valence-electron chi connectivity index (χ0n) is 12.8.